The number of benzene rings is 5. The lowest BCUT2D eigenvalue weighted by molar-refractivity contribution is 0.0646. The number of hydrogen-bond donors (Lipinski definition) is 1. The molecule has 3 unspecified atom stereocenters. The van der Waals surface area contributed by atoms with Gasteiger partial charge in [-0.2, -0.15) is 0 Å². The number of rotatable bonds is 3. The third-order valence-electron chi connectivity index (χ3n) is 11.3. The first-order valence-electron chi connectivity index (χ1n) is 17.9. The number of para-hydroxylation sites is 3. The van der Waals surface area contributed by atoms with Gasteiger partial charge in [-0.05, 0) is 90.7 Å². The van der Waals surface area contributed by atoms with Gasteiger partial charge in [0.05, 0.1) is 16.4 Å². The highest BCUT2D eigenvalue weighted by Crippen LogP contribution is 2.62. The standard InChI is InChI=1S/C47H34N2O2/c1-2-11-33(12-3-1)49-41-17-7-4-13-34(41)35-27-30(22-25-42(35)49)31-20-23-38-45(28-31)50-43-18-8-5-14-36(43)47(38)37-15-6-9-19-44(37)51-46-29-32(21-24-39(46)47)40-16-10-26-48-40/h1-4,6-7,9-29,38,45,48H,5,8H2. The van der Waals surface area contributed by atoms with Crippen molar-refractivity contribution in [2.24, 2.45) is 5.92 Å². The fourth-order valence-corrected chi connectivity index (χ4v) is 9.20. The van der Waals surface area contributed by atoms with E-state index in [2.05, 4.69) is 161 Å². The Labute approximate surface area is 296 Å². The van der Waals surface area contributed by atoms with Crippen LogP contribution in [0.1, 0.15) is 29.5 Å². The number of H-pyrrole nitrogens is 1. The first-order chi connectivity index (χ1) is 25.3. The smallest absolute Gasteiger partial charge is 0.132 e. The molecule has 2 aliphatic heterocycles. The summed E-state index contributed by atoms with van der Waals surface area (Å²) in [5.41, 5.74) is 11.3. The second kappa shape index (κ2) is 10.9. The minimum absolute atomic E-state index is 0.0200. The predicted molar refractivity (Wildman–Crippen MR) is 205 cm³/mol. The molecule has 1 spiro atoms. The van der Waals surface area contributed by atoms with Crippen LogP contribution in [0.15, 0.2) is 175 Å². The van der Waals surface area contributed by atoms with Gasteiger partial charge in [-0.3, -0.25) is 0 Å². The Morgan fingerprint density at radius 3 is 2.39 bits per heavy atom. The molecule has 4 aliphatic rings. The monoisotopic (exact) mass is 658 g/mol. The van der Waals surface area contributed by atoms with E-state index in [-0.39, 0.29) is 12.0 Å². The second-order valence-corrected chi connectivity index (χ2v) is 14.0. The number of aromatic nitrogens is 2. The van der Waals surface area contributed by atoms with Gasteiger partial charge in [0.2, 0.25) is 0 Å². The van der Waals surface area contributed by atoms with Crippen molar-refractivity contribution < 1.29 is 9.47 Å². The Morgan fingerprint density at radius 1 is 0.667 bits per heavy atom. The Balaban J connectivity index is 1.08. The number of hydrogen-bond acceptors (Lipinski definition) is 2. The topological polar surface area (TPSA) is 39.2 Å². The van der Waals surface area contributed by atoms with Crippen LogP contribution in [0.3, 0.4) is 0 Å². The number of fused-ring (bicyclic) bond motifs is 11. The number of nitrogens with one attached hydrogen (secondary N) is 1. The molecule has 4 heteroatoms. The number of nitrogens with zero attached hydrogens (tertiary/aromatic N) is 1. The van der Waals surface area contributed by atoms with E-state index >= 15 is 0 Å². The molecule has 5 aromatic carbocycles. The van der Waals surface area contributed by atoms with Crippen molar-refractivity contribution in [3.05, 3.63) is 192 Å². The highest BCUT2D eigenvalue weighted by Gasteiger charge is 2.57. The van der Waals surface area contributed by atoms with Crippen LogP contribution in [0.5, 0.6) is 11.5 Å². The van der Waals surface area contributed by atoms with Gasteiger partial charge in [-0.1, -0.05) is 91.0 Å². The maximum atomic E-state index is 7.02. The summed E-state index contributed by atoms with van der Waals surface area (Å²) in [4.78, 5) is 3.38. The molecule has 7 aromatic rings. The Morgan fingerprint density at radius 2 is 1.47 bits per heavy atom. The van der Waals surface area contributed by atoms with Crippen LogP contribution in [0, 0.1) is 5.92 Å². The summed E-state index contributed by atoms with van der Waals surface area (Å²) in [6.45, 7) is 0. The molecule has 11 rings (SSSR count). The zero-order chi connectivity index (χ0) is 33.5. The predicted octanol–water partition coefficient (Wildman–Crippen LogP) is 11.4. The largest absolute Gasteiger partial charge is 0.486 e. The van der Waals surface area contributed by atoms with E-state index in [1.165, 1.54) is 55.3 Å². The van der Waals surface area contributed by atoms with Crippen molar-refractivity contribution in [1.82, 2.24) is 9.55 Å². The molecule has 1 fully saturated rings. The minimum atomic E-state index is -0.473. The molecule has 51 heavy (non-hydrogen) atoms. The van der Waals surface area contributed by atoms with E-state index in [0.717, 1.165) is 41.4 Å². The van der Waals surface area contributed by atoms with E-state index in [9.17, 15) is 0 Å². The molecule has 0 saturated carbocycles. The van der Waals surface area contributed by atoms with Crippen molar-refractivity contribution in [2.45, 2.75) is 24.4 Å². The van der Waals surface area contributed by atoms with E-state index in [1.54, 1.807) is 0 Å². The molecule has 244 valence electrons. The molecule has 1 saturated heterocycles. The van der Waals surface area contributed by atoms with Crippen LogP contribution >= 0.6 is 0 Å². The van der Waals surface area contributed by atoms with Crippen molar-refractivity contribution in [1.29, 1.82) is 0 Å². The van der Waals surface area contributed by atoms with Crippen LogP contribution in [-0.2, 0) is 10.2 Å². The fraction of sp³-hybridized carbons (Fsp3) is 0.106. The highest BCUT2D eigenvalue weighted by atomic mass is 16.5. The average Bonchev–Trinajstić information content (AvgIpc) is 3.85. The number of aromatic amines is 1. The maximum absolute atomic E-state index is 7.02. The van der Waals surface area contributed by atoms with Crippen molar-refractivity contribution in [3.8, 4) is 28.4 Å². The summed E-state index contributed by atoms with van der Waals surface area (Å²) in [5.74, 6) is 2.82. The molecule has 0 radical (unpaired) electrons. The molecule has 4 nitrogen and oxygen atoms in total. The van der Waals surface area contributed by atoms with E-state index in [4.69, 9.17) is 9.47 Å². The van der Waals surface area contributed by atoms with Gasteiger partial charge in [-0.25, -0.2) is 0 Å². The van der Waals surface area contributed by atoms with Gasteiger partial charge in [0.1, 0.15) is 23.4 Å². The van der Waals surface area contributed by atoms with Gasteiger partial charge < -0.3 is 19.0 Å². The van der Waals surface area contributed by atoms with Crippen molar-refractivity contribution in [3.63, 3.8) is 0 Å². The Hall–Kier alpha value is -6.26. The van der Waals surface area contributed by atoms with Crippen LogP contribution in [0.2, 0.25) is 0 Å². The van der Waals surface area contributed by atoms with Gasteiger partial charge >= 0.3 is 0 Å². The molecule has 0 amide bonds. The van der Waals surface area contributed by atoms with Gasteiger partial charge in [0, 0.05) is 56.5 Å². The van der Waals surface area contributed by atoms with Crippen LogP contribution in [0.4, 0.5) is 0 Å². The molecular weight excluding hydrogens is 625 g/mol. The third-order valence-corrected chi connectivity index (χ3v) is 11.3. The first-order valence-corrected chi connectivity index (χ1v) is 17.9. The van der Waals surface area contributed by atoms with Gasteiger partial charge in [0.25, 0.3) is 0 Å². The average molecular weight is 659 g/mol. The summed E-state index contributed by atoms with van der Waals surface area (Å²) in [6, 6.07) is 45.7. The summed E-state index contributed by atoms with van der Waals surface area (Å²) < 4.78 is 16.2. The number of allylic oxidation sites excluding steroid dienone is 5. The van der Waals surface area contributed by atoms with Crippen LogP contribution < -0.4 is 4.74 Å². The molecule has 0 bridgehead atoms. The quantitative estimate of drug-likeness (QED) is 0.205. The summed E-state index contributed by atoms with van der Waals surface area (Å²) in [7, 11) is 0. The third kappa shape index (κ3) is 4.08. The van der Waals surface area contributed by atoms with E-state index in [0.29, 0.717) is 0 Å². The molecule has 3 atom stereocenters. The lowest BCUT2D eigenvalue weighted by Gasteiger charge is -2.53. The molecule has 4 heterocycles. The van der Waals surface area contributed by atoms with Crippen LogP contribution in [-0.4, -0.2) is 15.7 Å². The Kier molecular flexibility index (Phi) is 6.09. The van der Waals surface area contributed by atoms with Gasteiger partial charge in [0.15, 0.2) is 0 Å². The SMILES string of the molecule is C1=CC2C(C=C1c1ccc3c(c1)c1ccccc1n3-c1ccccc1)OC1=CCCC=C1C21c2ccccc2Oc2cc(-c3ccc[nH]3)ccc21. The van der Waals surface area contributed by atoms with E-state index in [1.807, 2.05) is 12.3 Å². The second-order valence-electron chi connectivity index (χ2n) is 14.0. The number of ether oxygens (including phenoxy) is 2. The van der Waals surface area contributed by atoms with Gasteiger partial charge in [-0.15, -0.1) is 0 Å². The normalized spacial score (nSPS) is 21.5. The minimum Gasteiger partial charge on any atom is -0.486 e. The zero-order valence-corrected chi connectivity index (χ0v) is 27.9. The molecule has 1 N–H and O–H groups in total. The zero-order valence-electron chi connectivity index (χ0n) is 27.9. The fourth-order valence-electron chi connectivity index (χ4n) is 9.20. The molecule has 2 aromatic heterocycles. The highest BCUT2D eigenvalue weighted by molar-refractivity contribution is 6.10. The van der Waals surface area contributed by atoms with Crippen molar-refractivity contribution >= 4 is 27.4 Å². The summed E-state index contributed by atoms with van der Waals surface area (Å²) >= 11 is 0. The maximum Gasteiger partial charge on any atom is 0.132 e. The van der Waals surface area contributed by atoms with Crippen LogP contribution in [0.25, 0.3) is 44.3 Å². The van der Waals surface area contributed by atoms with Crippen molar-refractivity contribution in [2.75, 3.05) is 0 Å². The van der Waals surface area contributed by atoms with E-state index < -0.39 is 5.41 Å². The summed E-state index contributed by atoms with van der Waals surface area (Å²) in [6.07, 6.45) is 15.6. The summed E-state index contributed by atoms with van der Waals surface area (Å²) in [5, 5.41) is 2.50. The lowest BCUT2D eigenvalue weighted by Crippen LogP contribution is -2.50. The first kappa shape index (κ1) is 28.6. The Bertz CT molecular complexity index is 2650. The molecule has 2 aliphatic carbocycles. The lowest BCUT2D eigenvalue weighted by atomic mass is 9.55. The molecular formula is C47H34N2O2.